The largest absolute Gasteiger partial charge is 0.416 e. The fourth-order valence-electron chi connectivity index (χ4n) is 7.57. The van der Waals surface area contributed by atoms with Crippen LogP contribution in [0.15, 0.2) is 91.0 Å². The fourth-order valence-corrected chi connectivity index (χ4v) is 7.57. The third kappa shape index (κ3) is 4.81. The number of nitrogens with zero attached hydrogens (tertiary/aromatic N) is 4. The van der Waals surface area contributed by atoms with Crippen LogP contribution in [0.5, 0.6) is 0 Å². The topological polar surface area (TPSA) is 57.4 Å². The number of hydrogen-bond donors (Lipinski definition) is 0. The minimum absolute atomic E-state index is 0.0952. The summed E-state index contributed by atoms with van der Waals surface area (Å²) in [6, 6.07) is 30.4. The molecule has 2 heterocycles. The van der Waals surface area contributed by atoms with Crippen molar-refractivity contribution in [2.75, 3.05) is 0 Å². The summed E-state index contributed by atoms with van der Waals surface area (Å²) >= 11 is 0. The molecule has 244 valence electrons. The van der Waals surface area contributed by atoms with Crippen LogP contribution >= 0.6 is 0 Å². The molecule has 0 spiro atoms. The first-order chi connectivity index (χ1) is 24.0. The Hall–Kier alpha value is -6.05. The van der Waals surface area contributed by atoms with Crippen LogP contribution in [0.4, 0.5) is 13.2 Å². The van der Waals surface area contributed by atoms with Gasteiger partial charge in [-0.25, -0.2) is 0 Å². The lowest BCUT2D eigenvalue weighted by molar-refractivity contribution is -0.137. The van der Waals surface area contributed by atoms with E-state index in [0.29, 0.717) is 28.1 Å². The summed E-state index contributed by atoms with van der Waals surface area (Å²) in [5.41, 5.74) is 9.58. The van der Waals surface area contributed by atoms with Gasteiger partial charge in [-0.2, -0.15) is 23.7 Å². The SMILES string of the molecule is Cc1ccc2c3c(n(-c4cc(-c5ccc(C(F)(F)F)cc5C#N)cc(-n5c6cc(C)ccc6c6ccc(C)cc65)c4C#N)c2c1)CC(C)C=C3. The summed E-state index contributed by atoms with van der Waals surface area (Å²) in [5, 5.41) is 24.4. The first-order valence-electron chi connectivity index (χ1n) is 16.5. The van der Waals surface area contributed by atoms with Gasteiger partial charge >= 0.3 is 6.18 Å². The first-order valence-corrected chi connectivity index (χ1v) is 16.5. The van der Waals surface area contributed by atoms with Gasteiger partial charge in [0.1, 0.15) is 11.6 Å². The Bertz CT molecular complexity index is 2630. The molecular weight excluding hydrogens is 629 g/mol. The van der Waals surface area contributed by atoms with Gasteiger partial charge < -0.3 is 9.13 Å². The van der Waals surface area contributed by atoms with Crippen LogP contribution in [0.2, 0.25) is 0 Å². The fraction of sp³-hybridized carbons (Fsp3) is 0.163. The van der Waals surface area contributed by atoms with Crippen LogP contribution in [0.25, 0.3) is 61.3 Å². The second-order valence-electron chi connectivity index (χ2n) is 13.5. The van der Waals surface area contributed by atoms with Gasteiger partial charge in [0.15, 0.2) is 0 Å². The Morgan fingerprint density at radius 3 is 1.80 bits per heavy atom. The third-order valence-corrected chi connectivity index (χ3v) is 9.92. The molecule has 7 heteroatoms. The molecule has 1 aliphatic carbocycles. The average Bonchev–Trinajstić information content (AvgIpc) is 3.57. The van der Waals surface area contributed by atoms with E-state index >= 15 is 0 Å². The smallest absolute Gasteiger partial charge is 0.312 e. The molecule has 1 unspecified atom stereocenters. The van der Waals surface area contributed by atoms with Crippen LogP contribution in [-0.4, -0.2) is 9.13 Å². The van der Waals surface area contributed by atoms with E-state index in [1.807, 2.05) is 39.0 Å². The number of halogens is 3. The van der Waals surface area contributed by atoms with Gasteiger partial charge in [-0.3, -0.25) is 0 Å². The molecule has 2 aromatic heterocycles. The molecule has 0 radical (unpaired) electrons. The summed E-state index contributed by atoms with van der Waals surface area (Å²) in [5.74, 6) is 0.253. The standard InChI is InChI=1S/C43H31F3N4/c1-24-5-10-32-33-11-6-25(2)16-38(33)49(37(32)15-24)41-20-28(31-14-9-30(43(44,45)46)19-29(31)22-47)21-42(36(41)23-48)50-39-17-26(3)7-12-34(39)35-13-8-27(4)18-40(35)50/h5-17,19-21,27H,18H2,1-4H3. The molecule has 0 aliphatic heterocycles. The van der Waals surface area contributed by atoms with E-state index < -0.39 is 11.7 Å². The number of rotatable bonds is 3. The van der Waals surface area contributed by atoms with E-state index in [4.69, 9.17) is 0 Å². The third-order valence-electron chi connectivity index (χ3n) is 9.92. The molecule has 1 atom stereocenters. The van der Waals surface area contributed by atoms with Crippen molar-refractivity contribution in [1.82, 2.24) is 9.13 Å². The highest BCUT2D eigenvalue weighted by Crippen LogP contribution is 2.42. The highest BCUT2D eigenvalue weighted by Gasteiger charge is 2.32. The summed E-state index contributed by atoms with van der Waals surface area (Å²) in [4.78, 5) is 0. The van der Waals surface area contributed by atoms with Crippen molar-refractivity contribution < 1.29 is 13.2 Å². The maximum Gasteiger partial charge on any atom is 0.416 e. The summed E-state index contributed by atoms with van der Waals surface area (Å²) in [7, 11) is 0. The molecule has 0 amide bonds. The van der Waals surface area contributed by atoms with Crippen molar-refractivity contribution in [3.8, 4) is 34.6 Å². The normalized spacial score (nSPS) is 14.3. The highest BCUT2D eigenvalue weighted by molar-refractivity contribution is 6.10. The van der Waals surface area contributed by atoms with E-state index in [1.54, 1.807) is 0 Å². The van der Waals surface area contributed by atoms with Gasteiger partial charge in [-0.15, -0.1) is 0 Å². The molecule has 50 heavy (non-hydrogen) atoms. The van der Waals surface area contributed by atoms with Gasteiger partial charge in [-0.1, -0.05) is 61.5 Å². The molecule has 0 saturated carbocycles. The van der Waals surface area contributed by atoms with E-state index in [2.05, 4.69) is 88.9 Å². The Labute approximate surface area is 287 Å². The van der Waals surface area contributed by atoms with Crippen molar-refractivity contribution in [2.24, 2.45) is 5.92 Å². The lowest BCUT2D eigenvalue weighted by Gasteiger charge is -2.22. The van der Waals surface area contributed by atoms with Crippen molar-refractivity contribution in [3.63, 3.8) is 0 Å². The van der Waals surface area contributed by atoms with Crippen LogP contribution in [0, 0.1) is 49.4 Å². The predicted molar refractivity (Wildman–Crippen MR) is 194 cm³/mol. The number of fused-ring (bicyclic) bond motifs is 6. The zero-order valence-electron chi connectivity index (χ0n) is 27.9. The van der Waals surface area contributed by atoms with E-state index in [9.17, 15) is 23.7 Å². The van der Waals surface area contributed by atoms with Gasteiger partial charge in [0.05, 0.1) is 45.1 Å². The maximum absolute atomic E-state index is 13.8. The lowest BCUT2D eigenvalue weighted by atomic mass is 9.93. The maximum atomic E-state index is 13.8. The molecule has 0 fully saturated rings. The summed E-state index contributed by atoms with van der Waals surface area (Å²) < 4.78 is 45.7. The van der Waals surface area contributed by atoms with Gasteiger partial charge in [0, 0.05) is 27.4 Å². The molecule has 5 aromatic carbocycles. The van der Waals surface area contributed by atoms with Gasteiger partial charge in [-0.05, 0) is 103 Å². The second kappa shape index (κ2) is 11.3. The van der Waals surface area contributed by atoms with Crippen molar-refractivity contribution in [3.05, 3.63) is 136 Å². The molecule has 0 bridgehead atoms. The van der Waals surface area contributed by atoms with E-state index in [1.165, 1.54) is 6.07 Å². The first kappa shape index (κ1) is 31.2. The Balaban J connectivity index is 1.56. The van der Waals surface area contributed by atoms with Crippen molar-refractivity contribution >= 4 is 38.8 Å². The molecule has 0 N–H and O–H groups in total. The zero-order valence-corrected chi connectivity index (χ0v) is 27.9. The lowest BCUT2D eigenvalue weighted by Crippen LogP contribution is -2.11. The number of benzene rings is 5. The molecule has 8 rings (SSSR count). The summed E-state index contributed by atoms with van der Waals surface area (Å²) in [6.07, 6.45) is 0.482. The van der Waals surface area contributed by atoms with Crippen molar-refractivity contribution in [2.45, 2.75) is 40.3 Å². The Kier molecular flexibility index (Phi) is 7.03. The number of allylic oxidation sites excluding steroid dienone is 1. The molecule has 1 aliphatic rings. The number of hydrogen-bond acceptors (Lipinski definition) is 2. The molecule has 0 saturated heterocycles. The van der Waals surface area contributed by atoms with Gasteiger partial charge in [0.2, 0.25) is 0 Å². The highest BCUT2D eigenvalue weighted by atomic mass is 19.4. The van der Waals surface area contributed by atoms with E-state index in [0.717, 1.165) is 79.2 Å². The van der Waals surface area contributed by atoms with Crippen molar-refractivity contribution in [1.29, 1.82) is 10.5 Å². The van der Waals surface area contributed by atoms with Gasteiger partial charge in [0.25, 0.3) is 0 Å². The number of aryl methyl sites for hydroxylation is 3. The molecular formula is C43H31F3N4. The minimum atomic E-state index is -4.60. The number of nitriles is 2. The quantitative estimate of drug-likeness (QED) is 0.189. The van der Waals surface area contributed by atoms with Crippen LogP contribution < -0.4 is 0 Å². The second-order valence-corrected chi connectivity index (χ2v) is 13.5. The molecule has 4 nitrogen and oxygen atoms in total. The van der Waals surface area contributed by atoms with Crippen LogP contribution in [0.3, 0.4) is 0 Å². The van der Waals surface area contributed by atoms with E-state index in [-0.39, 0.29) is 11.5 Å². The predicted octanol–water partition coefficient (Wildman–Crippen LogP) is 11.3. The number of alkyl halides is 3. The van der Waals surface area contributed by atoms with Crippen LogP contribution in [-0.2, 0) is 12.6 Å². The average molecular weight is 661 g/mol. The molecule has 7 aromatic rings. The summed E-state index contributed by atoms with van der Waals surface area (Å²) in [6.45, 7) is 8.24. The zero-order chi connectivity index (χ0) is 35.1. The number of aromatic nitrogens is 2. The Morgan fingerprint density at radius 2 is 1.24 bits per heavy atom. The monoisotopic (exact) mass is 660 g/mol. The van der Waals surface area contributed by atoms with Crippen LogP contribution in [0.1, 0.15) is 51.6 Å². The minimum Gasteiger partial charge on any atom is -0.312 e. The Morgan fingerprint density at radius 1 is 0.680 bits per heavy atom.